The van der Waals surface area contributed by atoms with Gasteiger partial charge in [-0.2, -0.15) is 0 Å². The van der Waals surface area contributed by atoms with Gasteiger partial charge < -0.3 is 9.47 Å². The van der Waals surface area contributed by atoms with Crippen LogP contribution in [0.5, 0.6) is 0 Å². The van der Waals surface area contributed by atoms with E-state index in [0.29, 0.717) is 5.76 Å². The average molecular weight is 412 g/mol. The molecule has 3 aliphatic heterocycles. The number of ether oxygens (including phenoxy) is 2. The van der Waals surface area contributed by atoms with Crippen LogP contribution in [0.3, 0.4) is 0 Å². The minimum atomic E-state index is -1.43. The van der Waals surface area contributed by atoms with E-state index in [1.54, 1.807) is 6.21 Å². The minimum Gasteiger partial charge on any atom is -0.463 e. The lowest BCUT2D eigenvalue weighted by molar-refractivity contribution is -0.177. The van der Waals surface area contributed by atoms with Crippen LogP contribution in [-0.4, -0.2) is 60.7 Å². The summed E-state index contributed by atoms with van der Waals surface area (Å²) in [4.78, 5) is 21.0. The van der Waals surface area contributed by atoms with Crippen molar-refractivity contribution in [2.24, 2.45) is 4.99 Å². The lowest BCUT2D eigenvalue weighted by Gasteiger charge is -2.49. The first-order chi connectivity index (χ1) is 14.4. The van der Waals surface area contributed by atoms with Crippen molar-refractivity contribution in [3.63, 3.8) is 0 Å². The van der Waals surface area contributed by atoms with Crippen molar-refractivity contribution in [1.29, 1.82) is 0 Å². The lowest BCUT2D eigenvalue weighted by Crippen LogP contribution is -2.57. The molecular formula is C22H29N5O3. The first kappa shape index (κ1) is 19.5. The summed E-state index contributed by atoms with van der Waals surface area (Å²) in [6, 6.07) is 10.8. The highest BCUT2D eigenvalue weighted by Crippen LogP contribution is 2.48. The second-order valence-electron chi connectivity index (χ2n) is 8.96. The van der Waals surface area contributed by atoms with Gasteiger partial charge in [0.1, 0.15) is 0 Å². The molecule has 1 unspecified atom stereocenters. The van der Waals surface area contributed by atoms with E-state index in [0.717, 1.165) is 32.1 Å². The summed E-state index contributed by atoms with van der Waals surface area (Å²) in [7, 11) is 5.71. The summed E-state index contributed by atoms with van der Waals surface area (Å²) in [5.74, 6) is -1.35. The van der Waals surface area contributed by atoms with E-state index in [-0.39, 0.29) is 17.2 Å². The maximum absolute atomic E-state index is 12.5. The van der Waals surface area contributed by atoms with Gasteiger partial charge in [-0.15, -0.1) is 0 Å². The molecule has 0 amide bonds. The summed E-state index contributed by atoms with van der Waals surface area (Å²) in [5.41, 5.74) is 8.35. The third-order valence-corrected chi connectivity index (χ3v) is 7.32. The third kappa shape index (κ3) is 2.71. The van der Waals surface area contributed by atoms with Crippen molar-refractivity contribution in [1.82, 2.24) is 20.7 Å². The number of carbonyl (C=O) groups excluding carboxylic acids is 1. The number of nitrogens with one attached hydrogen (secondary N) is 2. The van der Waals surface area contributed by atoms with Gasteiger partial charge in [-0.25, -0.2) is 20.6 Å². The van der Waals surface area contributed by atoms with Gasteiger partial charge in [-0.3, -0.25) is 9.80 Å². The number of hydrogen-bond acceptors (Lipinski definition) is 8. The molecule has 1 aliphatic carbocycles. The molecular weight excluding hydrogens is 382 g/mol. The van der Waals surface area contributed by atoms with Gasteiger partial charge >= 0.3 is 11.8 Å². The molecule has 0 aromatic heterocycles. The average Bonchev–Trinajstić information content (AvgIpc) is 3.48. The zero-order valence-corrected chi connectivity index (χ0v) is 17.7. The molecule has 2 atom stereocenters. The second kappa shape index (κ2) is 6.80. The molecule has 8 nitrogen and oxygen atoms in total. The molecule has 30 heavy (non-hydrogen) atoms. The number of fused-ring (bicyclic) bond motifs is 2. The number of carbonyl (C=O) groups is 1. The number of nitrogens with zero attached hydrogens (tertiary/aromatic N) is 3. The number of hydrogen-bond donors (Lipinski definition) is 2. The predicted molar refractivity (Wildman–Crippen MR) is 112 cm³/mol. The summed E-state index contributed by atoms with van der Waals surface area (Å²) < 4.78 is 10.7. The smallest absolute Gasteiger partial charge is 0.398 e. The second-order valence-corrected chi connectivity index (χ2v) is 8.96. The van der Waals surface area contributed by atoms with Crippen molar-refractivity contribution in [3.05, 3.63) is 47.9 Å². The highest BCUT2D eigenvalue weighted by molar-refractivity contribution is 5.90. The van der Waals surface area contributed by atoms with E-state index in [1.807, 2.05) is 11.1 Å². The monoisotopic (exact) mass is 411 g/mol. The fourth-order valence-electron chi connectivity index (χ4n) is 5.50. The van der Waals surface area contributed by atoms with E-state index >= 15 is 0 Å². The summed E-state index contributed by atoms with van der Waals surface area (Å²) in [5, 5.41) is 0. The van der Waals surface area contributed by atoms with Crippen molar-refractivity contribution in [2.75, 3.05) is 21.2 Å². The number of methoxy groups -OCH3 is 1. The quantitative estimate of drug-likeness (QED) is 0.730. The Hall–Kier alpha value is -2.42. The summed E-state index contributed by atoms with van der Waals surface area (Å²) in [6.45, 7) is 0. The Balaban J connectivity index is 1.33. The first-order valence-electron chi connectivity index (χ1n) is 10.5. The predicted octanol–water partition coefficient (Wildman–Crippen LogP) is 1.67. The Morgan fingerprint density at radius 3 is 2.60 bits per heavy atom. The highest BCUT2D eigenvalue weighted by atomic mass is 16.6. The van der Waals surface area contributed by atoms with Crippen molar-refractivity contribution in [2.45, 2.75) is 55.2 Å². The largest absolute Gasteiger partial charge is 0.463 e. The molecule has 2 bridgehead atoms. The van der Waals surface area contributed by atoms with Crippen LogP contribution in [-0.2, 0) is 19.8 Å². The van der Waals surface area contributed by atoms with Crippen LogP contribution in [0.25, 0.3) is 0 Å². The van der Waals surface area contributed by atoms with E-state index in [1.165, 1.54) is 12.7 Å². The Kier molecular flexibility index (Phi) is 4.43. The topological polar surface area (TPSA) is 78.4 Å². The van der Waals surface area contributed by atoms with Crippen LogP contribution < -0.4 is 10.9 Å². The third-order valence-electron chi connectivity index (χ3n) is 7.32. The molecule has 1 saturated carbocycles. The van der Waals surface area contributed by atoms with E-state index < -0.39 is 11.8 Å². The summed E-state index contributed by atoms with van der Waals surface area (Å²) in [6.07, 6.45) is 8.35. The van der Waals surface area contributed by atoms with Crippen molar-refractivity contribution >= 4 is 12.2 Å². The number of aliphatic imine (C=N–C) groups is 1. The lowest BCUT2D eigenvalue weighted by atomic mass is 9.68. The van der Waals surface area contributed by atoms with Crippen molar-refractivity contribution < 1.29 is 14.3 Å². The number of rotatable bonds is 4. The van der Waals surface area contributed by atoms with Crippen LogP contribution in [0.1, 0.15) is 37.7 Å². The fraction of sp³-hybridized carbons (Fsp3) is 0.545. The SMILES string of the molecule is COC(=O)C12N=CC(=CN1[C@@H]1CC3(CCC(c4ccccc4)(N(C)C)CC3)NN1)O2. The Labute approximate surface area is 176 Å². The van der Waals surface area contributed by atoms with Gasteiger partial charge in [-0.05, 0) is 45.3 Å². The molecule has 160 valence electrons. The maximum Gasteiger partial charge on any atom is 0.398 e. The Morgan fingerprint density at radius 1 is 1.23 bits per heavy atom. The van der Waals surface area contributed by atoms with Crippen LogP contribution in [0, 0.1) is 0 Å². The standard InChI is InChI=1S/C22H29N5O3/c1-26(2)21(16-7-5-4-6-8-16)11-9-20(10-12-21)13-18(24-25-20)27-15-17-14-23-22(27,30-17)19(28)29-3/h4-8,14-15,18,24-25H,9-13H2,1-3H3/t18-,20?,21?,22?/m1/s1. The molecule has 3 heterocycles. The first-order valence-corrected chi connectivity index (χ1v) is 10.5. The normalized spacial score (nSPS) is 37.0. The molecule has 1 aromatic rings. The van der Waals surface area contributed by atoms with E-state index in [2.05, 4.69) is 65.2 Å². The number of allylic oxidation sites excluding steroid dienone is 1. The number of benzene rings is 1. The molecule has 8 heteroatoms. The zero-order valence-electron chi connectivity index (χ0n) is 17.7. The van der Waals surface area contributed by atoms with Gasteiger partial charge in [-0.1, -0.05) is 30.3 Å². The molecule has 4 aliphatic rings. The molecule has 0 radical (unpaired) electrons. The zero-order chi connectivity index (χ0) is 21.0. The molecule has 2 N–H and O–H groups in total. The van der Waals surface area contributed by atoms with E-state index in [4.69, 9.17) is 9.47 Å². The van der Waals surface area contributed by atoms with Gasteiger partial charge in [0, 0.05) is 17.5 Å². The fourth-order valence-corrected chi connectivity index (χ4v) is 5.50. The van der Waals surface area contributed by atoms with Gasteiger partial charge in [0.2, 0.25) is 0 Å². The van der Waals surface area contributed by atoms with Gasteiger partial charge in [0.15, 0.2) is 5.76 Å². The van der Waals surface area contributed by atoms with Crippen LogP contribution in [0.4, 0.5) is 0 Å². The van der Waals surface area contributed by atoms with E-state index in [9.17, 15) is 4.79 Å². The highest BCUT2D eigenvalue weighted by Gasteiger charge is 2.59. The number of esters is 1. The van der Waals surface area contributed by atoms with Gasteiger partial charge in [0.25, 0.3) is 0 Å². The molecule has 1 saturated heterocycles. The summed E-state index contributed by atoms with van der Waals surface area (Å²) >= 11 is 0. The molecule has 5 rings (SSSR count). The Bertz CT molecular complexity index is 891. The molecule has 2 fully saturated rings. The van der Waals surface area contributed by atoms with Gasteiger partial charge in [0.05, 0.1) is 25.7 Å². The van der Waals surface area contributed by atoms with Crippen LogP contribution >= 0.6 is 0 Å². The van der Waals surface area contributed by atoms with Crippen molar-refractivity contribution in [3.8, 4) is 0 Å². The minimum absolute atomic E-state index is 0.0275. The maximum atomic E-state index is 12.5. The number of hydrazine groups is 1. The van der Waals surface area contributed by atoms with Crippen LogP contribution in [0.15, 0.2) is 47.3 Å². The molecule has 1 spiro atoms. The Morgan fingerprint density at radius 2 is 1.97 bits per heavy atom. The molecule has 1 aromatic carbocycles. The van der Waals surface area contributed by atoms with Crippen LogP contribution in [0.2, 0.25) is 0 Å².